The van der Waals surface area contributed by atoms with Crippen molar-refractivity contribution in [3.05, 3.63) is 0 Å². The van der Waals surface area contributed by atoms with E-state index in [0.29, 0.717) is 12.0 Å². The van der Waals surface area contributed by atoms with Crippen molar-refractivity contribution >= 4 is 6.08 Å². The maximum atomic E-state index is 9.51. The number of carbonyl (C=O) groups excluding carboxylic acids is 1. The van der Waals surface area contributed by atoms with Gasteiger partial charge in [0.1, 0.15) is 0 Å². The Kier molecular flexibility index (Phi) is 0.953. The van der Waals surface area contributed by atoms with E-state index in [1.807, 2.05) is 0 Å². The average Bonchev–Trinajstić information content (AvgIpc) is 2.22. The molecule has 0 N–H and O–H groups in total. The molecule has 1 fully saturated rings. The normalized spacial score (nSPS) is 36.7. The van der Waals surface area contributed by atoms with E-state index in [2.05, 4.69) is 11.9 Å². The van der Waals surface area contributed by atoms with Crippen LogP contribution in [0.15, 0.2) is 4.99 Å². The van der Waals surface area contributed by atoms with Crippen LogP contribution in [0.5, 0.6) is 0 Å². The van der Waals surface area contributed by atoms with Crippen molar-refractivity contribution in [1.29, 1.82) is 0 Å². The zero-order valence-corrected chi connectivity index (χ0v) is 4.22. The Bertz CT molecular complexity index is 115. The molecular formula is C5H7NO. The van der Waals surface area contributed by atoms with Crippen LogP contribution in [0, 0.1) is 5.92 Å². The van der Waals surface area contributed by atoms with E-state index >= 15 is 0 Å². The van der Waals surface area contributed by atoms with Crippen LogP contribution in [0.25, 0.3) is 0 Å². The first kappa shape index (κ1) is 4.54. The van der Waals surface area contributed by atoms with E-state index in [4.69, 9.17) is 0 Å². The molecule has 2 nitrogen and oxygen atoms in total. The second-order valence-corrected chi connectivity index (χ2v) is 2.00. The van der Waals surface area contributed by atoms with Crippen LogP contribution in [0.2, 0.25) is 0 Å². The third-order valence-electron chi connectivity index (χ3n) is 1.29. The summed E-state index contributed by atoms with van der Waals surface area (Å²) in [5, 5.41) is 0. The lowest BCUT2D eigenvalue weighted by molar-refractivity contribution is 0.562. The highest BCUT2D eigenvalue weighted by molar-refractivity contribution is 5.34. The van der Waals surface area contributed by atoms with E-state index in [9.17, 15) is 4.79 Å². The van der Waals surface area contributed by atoms with Crippen molar-refractivity contribution < 1.29 is 4.79 Å². The molecule has 0 saturated heterocycles. The van der Waals surface area contributed by atoms with Crippen LogP contribution in [-0.2, 0) is 4.79 Å². The second kappa shape index (κ2) is 1.47. The van der Waals surface area contributed by atoms with Gasteiger partial charge in [-0.1, -0.05) is 6.92 Å². The van der Waals surface area contributed by atoms with Gasteiger partial charge in [-0.3, -0.25) is 0 Å². The lowest BCUT2D eigenvalue weighted by atomic mass is 10.5. The first-order chi connectivity index (χ1) is 3.34. The number of hydrogen-bond donors (Lipinski definition) is 0. The zero-order chi connectivity index (χ0) is 5.28. The molecular weight excluding hydrogens is 90.1 g/mol. The molecule has 0 radical (unpaired) electrons. The van der Waals surface area contributed by atoms with Gasteiger partial charge in [0.05, 0.1) is 6.04 Å². The molecule has 0 spiro atoms. The lowest BCUT2D eigenvalue weighted by Crippen LogP contribution is -1.74. The van der Waals surface area contributed by atoms with E-state index in [1.165, 1.54) is 6.08 Å². The van der Waals surface area contributed by atoms with Gasteiger partial charge < -0.3 is 0 Å². The molecule has 1 aliphatic carbocycles. The molecule has 2 unspecified atom stereocenters. The highest BCUT2D eigenvalue weighted by Crippen LogP contribution is 2.31. The molecule has 0 aromatic heterocycles. The molecule has 0 aliphatic heterocycles. The summed E-state index contributed by atoms with van der Waals surface area (Å²) in [7, 11) is 0. The lowest BCUT2D eigenvalue weighted by Gasteiger charge is -1.71. The average molecular weight is 97.1 g/mol. The second-order valence-electron chi connectivity index (χ2n) is 2.00. The summed E-state index contributed by atoms with van der Waals surface area (Å²) >= 11 is 0. The fraction of sp³-hybridized carbons (Fsp3) is 0.800. The third-order valence-corrected chi connectivity index (χ3v) is 1.29. The molecule has 0 amide bonds. The molecule has 38 valence electrons. The Hall–Kier alpha value is -0.620. The Labute approximate surface area is 42.3 Å². The Morgan fingerprint density at radius 1 is 1.86 bits per heavy atom. The van der Waals surface area contributed by atoms with Crippen LogP contribution in [0.3, 0.4) is 0 Å². The quantitative estimate of drug-likeness (QED) is 0.350. The van der Waals surface area contributed by atoms with Gasteiger partial charge in [-0.2, -0.15) is 0 Å². The number of rotatable bonds is 1. The van der Waals surface area contributed by atoms with Crippen molar-refractivity contribution in [2.24, 2.45) is 10.9 Å². The molecule has 1 saturated carbocycles. The fourth-order valence-corrected chi connectivity index (χ4v) is 0.550. The van der Waals surface area contributed by atoms with Crippen LogP contribution >= 0.6 is 0 Å². The molecule has 2 heteroatoms. The van der Waals surface area contributed by atoms with Crippen molar-refractivity contribution in [2.45, 2.75) is 19.4 Å². The summed E-state index contributed by atoms with van der Waals surface area (Å²) in [4.78, 5) is 13.0. The third kappa shape index (κ3) is 0.875. The minimum Gasteiger partial charge on any atom is -0.211 e. The minimum atomic E-state index is 0.317. The van der Waals surface area contributed by atoms with Gasteiger partial charge in [0.2, 0.25) is 6.08 Å². The predicted octanol–water partition coefficient (Wildman–Crippen LogP) is 0.731. The zero-order valence-electron chi connectivity index (χ0n) is 4.22. The van der Waals surface area contributed by atoms with Crippen LogP contribution in [0.1, 0.15) is 13.3 Å². The number of isocyanates is 1. The van der Waals surface area contributed by atoms with E-state index in [0.717, 1.165) is 6.42 Å². The maximum absolute atomic E-state index is 9.51. The van der Waals surface area contributed by atoms with Crippen molar-refractivity contribution in [3.8, 4) is 0 Å². The summed E-state index contributed by atoms with van der Waals surface area (Å²) in [6.07, 6.45) is 2.61. The number of nitrogens with zero attached hydrogens (tertiary/aromatic N) is 1. The van der Waals surface area contributed by atoms with Crippen molar-refractivity contribution in [2.75, 3.05) is 0 Å². The van der Waals surface area contributed by atoms with Gasteiger partial charge in [0.15, 0.2) is 0 Å². The molecule has 2 atom stereocenters. The summed E-state index contributed by atoms with van der Waals surface area (Å²) in [5.74, 6) is 0.640. The van der Waals surface area contributed by atoms with E-state index < -0.39 is 0 Å². The summed E-state index contributed by atoms with van der Waals surface area (Å²) in [6.45, 7) is 2.07. The highest BCUT2D eigenvalue weighted by atomic mass is 16.1. The predicted molar refractivity (Wildman–Crippen MR) is 25.7 cm³/mol. The maximum Gasteiger partial charge on any atom is 0.235 e. The monoisotopic (exact) mass is 97.1 g/mol. The van der Waals surface area contributed by atoms with Crippen LogP contribution in [0.4, 0.5) is 0 Å². The molecule has 0 aromatic carbocycles. The standard InChI is InChI=1S/C5H7NO/c1-4-2-5(4)6-3-7/h4-5H,2H2,1H3. The SMILES string of the molecule is CC1CC1N=C=O. The van der Waals surface area contributed by atoms with Gasteiger partial charge in [0, 0.05) is 0 Å². The molecule has 1 rings (SSSR count). The van der Waals surface area contributed by atoms with Crippen molar-refractivity contribution in [3.63, 3.8) is 0 Å². The van der Waals surface area contributed by atoms with Gasteiger partial charge in [-0.05, 0) is 12.3 Å². The van der Waals surface area contributed by atoms with Crippen LogP contribution < -0.4 is 0 Å². The molecule has 0 aromatic rings. The Morgan fingerprint density at radius 2 is 2.43 bits per heavy atom. The summed E-state index contributed by atoms with van der Waals surface area (Å²) in [6, 6.07) is 0.317. The minimum absolute atomic E-state index is 0.317. The largest absolute Gasteiger partial charge is 0.235 e. The summed E-state index contributed by atoms with van der Waals surface area (Å²) in [5.41, 5.74) is 0. The molecule has 1 aliphatic rings. The van der Waals surface area contributed by atoms with Gasteiger partial charge in [0.25, 0.3) is 0 Å². The fourth-order valence-electron chi connectivity index (χ4n) is 0.550. The van der Waals surface area contributed by atoms with Crippen LogP contribution in [-0.4, -0.2) is 12.1 Å². The van der Waals surface area contributed by atoms with Crippen molar-refractivity contribution in [1.82, 2.24) is 0 Å². The number of hydrogen-bond acceptors (Lipinski definition) is 2. The van der Waals surface area contributed by atoms with Gasteiger partial charge in [-0.15, -0.1) is 0 Å². The smallest absolute Gasteiger partial charge is 0.211 e. The van der Waals surface area contributed by atoms with Gasteiger partial charge >= 0.3 is 0 Å². The number of aliphatic imine (C=N–C) groups is 1. The first-order valence-corrected chi connectivity index (χ1v) is 2.41. The summed E-state index contributed by atoms with van der Waals surface area (Å²) < 4.78 is 0. The van der Waals surface area contributed by atoms with E-state index in [-0.39, 0.29) is 0 Å². The molecule has 7 heavy (non-hydrogen) atoms. The molecule has 0 heterocycles. The highest BCUT2D eigenvalue weighted by Gasteiger charge is 2.31. The van der Waals surface area contributed by atoms with E-state index in [1.54, 1.807) is 0 Å². The Balaban J connectivity index is 2.34. The van der Waals surface area contributed by atoms with Gasteiger partial charge in [-0.25, -0.2) is 9.79 Å². The molecule has 0 bridgehead atoms. The topological polar surface area (TPSA) is 29.4 Å². The first-order valence-electron chi connectivity index (χ1n) is 2.41. The Morgan fingerprint density at radius 3 is 2.57 bits per heavy atom.